The van der Waals surface area contributed by atoms with Gasteiger partial charge in [0.05, 0.1) is 6.10 Å². The van der Waals surface area contributed by atoms with Crippen LogP contribution in [0.25, 0.3) is 0 Å². The summed E-state index contributed by atoms with van der Waals surface area (Å²) in [5.41, 5.74) is 0. The Morgan fingerprint density at radius 3 is 2.38 bits per heavy atom. The van der Waals surface area contributed by atoms with Crippen molar-refractivity contribution in [3.63, 3.8) is 0 Å². The molecular formula is C11H22O2. The van der Waals surface area contributed by atoms with Crippen LogP contribution in [0.5, 0.6) is 0 Å². The lowest BCUT2D eigenvalue weighted by Crippen LogP contribution is -2.22. The van der Waals surface area contributed by atoms with Gasteiger partial charge in [-0.15, -0.1) is 0 Å². The first-order valence-corrected chi connectivity index (χ1v) is 5.44. The predicted molar refractivity (Wildman–Crippen MR) is 53.6 cm³/mol. The minimum Gasteiger partial charge on any atom is -0.393 e. The molecule has 0 heterocycles. The topological polar surface area (TPSA) is 29.5 Å². The van der Waals surface area contributed by atoms with E-state index in [1.54, 1.807) is 0 Å². The molecule has 1 fully saturated rings. The van der Waals surface area contributed by atoms with Crippen LogP contribution in [-0.2, 0) is 4.74 Å². The third-order valence-corrected chi connectivity index (χ3v) is 2.62. The van der Waals surface area contributed by atoms with Crippen molar-refractivity contribution in [3.05, 3.63) is 0 Å². The van der Waals surface area contributed by atoms with Crippen LogP contribution in [-0.4, -0.2) is 24.4 Å². The summed E-state index contributed by atoms with van der Waals surface area (Å²) in [5, 5.41) is 9.30. The van der Waals surface area contributed by atoms with Crippen molar-refractivity contribution in [1.29, 1.82) is 0 Å². The smallest absolute Gasteiger partial charge is 0.0540 e. The van der Waals surface area contributed by atoms with Gasteiger partial charge in [0.25, 0.3) is 0 Å². The summed E-state index contributed by atoms with van der Waals surface area (Å²) in [4.78, 5) is 0. The van der Waals surface area contributed by atoms with E-state index in [1.165, 1.54) is 0 Å². The molecule has 1 aliphatic rings. The maximum absolute atomic E-state index is 9.30. The lowest BCUT2D eigenvalue weighted by Gasteiger charge is -2.25. The molecule has 1 aliphatic carbocycles. The Hall–Kier alpha value is -0.0800. The van der Waals surface area contributed by atoms with Gasteiger partial charge in [-0.2, -0.15) is 0 Å². The van der Waals surface area contributed by atoms with E-state index in [-0.39, 0.29) is 6.10 Å². The van der Waals surface area contributed by atoms with E-state index in [0.29, 0.717) is 11.8 Å². The first kappa shape index (κ1) is 11.0. The minimum atomic E-state index is -0.0404. The Morgan fingerprint density at radius 1 is 1.23 bits per heavy atom. The van der Waals surface area contributed by atoms with Gasteiger partial charge in [0.1, 0.15) is 0 Å². The lowest BCUT2D eigenvalue weighted by molar-refractivity contribution is 0.0416. The molecule has 0 aliphatic heterocycles. The van der Waals surface area contributed by atoms with Gasteiger partial charge in [-0.05, 0) is 37.5 Å². The van der Waals surface area contributed by atoms with Crippen molar-refractivity contribution >= 4 is 0 Å². The van der Waals surface area contributed by atoms with E-state index < -0.39 is 0 Å². The molecule has 0 atom stereocenters. The molecule has 0 amide bonds. The summed E-state index contributed by atoms with van der Waals surface area (Å²) < 4.78 is 5.59. The molecule has 2 heteroatoms. The van der Waals surface area contributed by atoms with E-state index >= 15 is 0 Å². The van der Waals surface area contributed by atoms with Crippen LogP contribution in [0, 0.1) is 11.8 Å². The first-order valence-electron chi connectivity index (χ1n) is 5.44. The molecule has 1 N–H and O–H groups in total. The van der Waals surface area contributed by atoms with Gasteiger partial charge in [0.15, 0.2) is 0 Å². The molecule has 0 spiro atoms. The van der Waals surface area contributed by atoms with Crippen LogP contribution in [0.2, 0.25) is 0 Å². The Bertz CT molecular complexity index is 126. The third kappa shape index (κ3) is 4.63. The van der Waals surface area contributed by atoms with Crippen LogP contribution >= 0.6 is 0 Å². The Labute approximate surface area is 81.3 Å². The van der Waals surface area contributed by atoms with Crippen LogP contribution in [0.1, 0.15) is 39.5 Å². The van der Waals surface area contributed by atoms with Gasteiger partial charge >= 0.3 is 0 Å². The van der Waals surface area contributed by atoms with Crippen molar-refractivity contribution in [2.24, 2.45) is 11.8 Å². The quantitative estimate of drug-likeness (QED) is 0.729. The standard InChI is InChI=1S/C11H22O2/c1-9(2)7-13-8-10-3-5-11(12)6-4-10/h9-12H,3-8H2,1-2H3/t10-,11+. The second-order valence-corrected chi connectivity index (χ2v) is 4.61. The number of rotatable bonds is 4. The summed E-state index contributed by atoms with van der Waals surface area (Å²) in [6.45, 7) is 6.11. The van der Waals surface area contributed by atoms with Crippen molar-refractivity contribution in [3.8, 4) is 0 Å². The van der Waals surface area contributed by atoms with Gasteiger partial charge in [-0.1, -0.05) is 13.8 Å². The van der Waals surface area contributed by atoms with E-state index in [1.807, 2.05) is 0 Å². The van der Waals surface area contributed by atoms with Gasteiger partial charge in [0, 0.05) is 13.2 Å². The second-order valence-electron chi connectivity index (χ2n) is 4.61. The van der Waals surface area contributed by atoms with Crippen LogP contribution in [0.3, 0.4) is 0 Å². The van der Waals surface area contributed by atoms with Crippen LogP contribution in [0.15, 0.2) is 0 Å². The monoisotopic (exact) mass is 186 g/mol. The molecule has 0 unspecified atom stereocenters. The second kappa shape index (κ2) is 5.61. The highest BCUT2D eigenvalue weighted by molar-refractivity contribution is 4.71. The number of hydrogen-bond donors (Lipinski definition) is 1. The molecule has 0 radical (unpaired) electrons. The maximum Gasteiger partial charge on any atom is 0.0540 e. The summed E-state index contributed by atoms with van der Waals surface area (Å²) in [5.74, 6) is 1.33. The van der Waals surface area contributed by atoms with Crippen LogP contribution in [0.4, 0.5) is 0 Å². The Balaban J connectivity index is 2.02. The number of aliphatic hydroxyl groups is 1. The fourth-order valence-electron chi connectivity index (χ4n) is 1.78. The molecule has 0 bridgehead atoms. The largest absolute Gasteiger partial charge is 0.393 e. The molecule has 0 aromatic heterocycles. The van der Waals surface area contributed by atoms with Crippen LogP contribution < -0.4 is 0 Å². The fraction of sp³-hybridized carbons (Fsp3) is 1.00. The number of ether oxygens (including phenoxy) is 1. The Kier molecular flexibility index (Phi) is 4.74. The highest BCUT2D eigenvalue weighted by atomic mass is 16.5. The molecule has 1 saturated carbocycles. The maximum atomic E-state index is 9.30. The van der Waals surface area contributed by atoms with Crippen molar-refractivity contribution in [2.45, 2.75) is 45.6 Å². The molecule has 13 heavy (non-hydrogen) atoms. The SMILES string of the molecule is CC(C)COC[C@H]1CC[C@@H](O)CC1. The Morgan fingerprint density at radius 2 is 1.85 bits per heavy atom. The van der Waals surface area contributed by atoms with E-state index in [4.69, 9.17) is 4.74 Å². The van der Waals surface area contributed by atoms with Gasteiger partial charge < -0.3 is 9.84 Å². The van der Waals surface area contributed by atoms with E-state index in [0.717, 1.165) is 38.9 Å². The highest BCUT2D eigenvalue weighted by Crippen LogP contribution is 2.24. The summed E-state index contributed by atoms with van der Waals surface area (Å²) in [7, 11) is 0. The molecule has 0 aromatic carbocycles. The zero-order chi connectivity index (χ0) is 9.68. The highest BCUT2D eigenvalue weighted by Gasteiger charge is 2.19. The third-order valence-electron chi connectivity index (χ3n) is 2.62. The number of aliphatic hydroxyl groups excluding tert-OH is 1. The number of hydrogen-bond acceptors (Lipinski definition) is 2. The summed E-state index contributed by atoms with van der Waals surface area (Å²) in [6, 6.07) is 0. The summed E-state index contributed by atoms with van der Waals surface area (Å²) >= 11 is 0. The normalized spacial score (nSPS) is 29.5. The van der Waals surface area contributed by atoms with Gasteiger partial charge in [0.2, 0.25) is 0 Å². The van der Waals surface area contributed by atoms with E-state index in [9.17, 15) is 5.11 Å². The molecule has 2 nitrogen and oxygen atoms in total. The average molecular weight is 186 g/mol. The molecule has 1 rings (SSSR count). The summed E-state index contributed by atoms with van der Waals surface area (Å²) in [6.07, 6.45) is 4.17. The van der Waals surface area contributed by atoms with Gasteiger partial charge in [-0.3, -0.25) is 0 Å². The first-order chi connectivity index (χ1) is 6.18. The molecular weight excluding hydrogens is 164 g/mol. The average Bonchev–Trinajstić information content (AvgIpc) is 2.08. The van der Waals surface area contributed by atoms with Crippen molar-refractivity contribution < 1.29 is 9.84 Å². The van der Waals surface area contributed by atoms with Crippen molar-refractivity contribution in [1.82, 2.24) is 0 Å². The van der Waals surface area contributed by atoms with E-state index in [2.05, 4.69) is 13.8 Å². The predicted octanol–water partition coefficient (Wildman–Crippen LogP) is 2.21. The zero-order valence-electron chi connectivity index (χ0n) is 8.83. The molecule has 0 saturated heterocycles. The lowest BCUT2D eigenvalue weighted by atomic mass is 9.88. The molecule has 0 aromatic rings. The fourth-order valence-corrected chi connectivity index (χ4v) is 1.78. The molecule has 78 valence electrons. The van der Waals surface area contributed by atoms with Crippen molar-refractivity contribution in [2.75, 3.05) is 13.2 Å². The minimum absolute atomic E-state index is 0.0404. The van der Waals surface area contributed by atoms with Gasteiger partial charge in [-0.25, -0.2) is 0 Å². The zero-order valence-corrected chi connectivity index (χ0v) is 8.83.